The molecule has 0 unspecified atom stereocenters. The molecule has 7 heteroatoms. The van der Waals surface area contributed by atoms with Gasteiger partial charge in [0, 0.05) is 38.6 Å². The lowest BCUT2D eigenvalue weighted by Crippen LogP contribution is -2.54. The summed E-state index contributed by atoms with van der Waals surface area (Å²) < 4.78 is 11.4. The molecule has 4 rings (SSSR count). The van der Waals surface area contributed by atoms with Crippen molar-refractivity contribution in [1.82, 2.24) is 14.9 Å². The normalized spacial score (nSPS) is 19.9. The average molecular weight is 326 g/mol. The Bertz CT molecular complexity index is 717. The molecule has 2 aromatic rings. The maximum absolute atomic E-state index is 12.7. The second-order valence-electron chi connectivity index (χ2n) is 5.74. The zero-order valence-electron chi connectivity index (χ0n) is 13.2. The van der Waals surface area contributed by atoms with Crippen molar-refractivity contribution in [2.24, 2.45) is 0 Å². The predicted molar refractivity (Wildman–Crippen MR) is 87.2 cm³/mol. The number of ether oxygens (including phenoxy) is 2. The van der Waals surface area contributed by atoms with Gasteiger partial charge < -0.3 is 19.3 Å². The highest BCUT2D eigenvalue weighted by molar-refractivity contribution is 5.82. The summed E-state index contributed by atoms with van der Waals surface area (Å²) in [4.78, 5) is 25.0. The van der Waals surface area contributed by atoms with E-state index in [0.29, 0.717) is 24.6 Å². The minimum atomic E-state index is -0.581. The first-order valence-corrected chi connectivity index (χ1v) is 7.99. The van der Waals surface area contributed by atoms with Crippen LogP contribution in [0, 0.1) is 0 Å². The first-order valence-electron chi connectivity index (χ1n) is 7.99. The van der Waals surface area contributed by atoms with Gasteiger partial charge in [0.15, 0.2) is 11.5 Å². The molecule has 2 aliphatic heterocycles. The van der Waals surface area contributed by atoms with Gasteiger partial charge in [-0.2, -0.15) is 0 Å². The molecule has 1 saturated heterocycles. The van der Waals surface area contributed by atoms with E-state index in [1.165, 1.54) is 0 Å². The lowest BCUT2D eigenvalue weighted by Gasteiger charge is -2.37. The Labute approximate surface area is 139 Å². The van der Waals surface area contributed by atoms with E-state index in [1.807, 2.05) is 29.2 Å². The van der Waals surface area contributed by atoms with Gasteiger partial charge in [-0.25, -0.2) is 4.98 Å². The number of piperazine rings is 1. The van der Waals surface area contributed by atoms with E-state index < -0.39 is 6.10 Å². The fourth-order valence-corrected chi connectivity index (χ4v) is 2.96. The van der Waals surface area contributed by atoms with Gasteiger partial charge in [-0.05, 0) is 12.1 Å². The van der Waals surface area contributed by atoms with E-state index in [9.17, 15) is 4.79 Å². The lowest BCUT2D eigenvalue weighted by molar-refractivity contribution is -0.141. The highest BCUT2D eigenvalue weighted by Crippen LogP contribution is 2.31. The van der Waals surface area contributed by atoms with Crippen molar-refractivity contribution >= 4 is 11.7 Å². The highest BCUT2D eigenvalue weighted by Gasteiger charge is 2.32. The van der Waals surface area contributed by atoms with Crippen LogP contribution in [0.25, 0.3) is 0 Å². The van der Waals surface area contributed by atoms with Crippen LogP contribution in [0.5, 0.6) is 11.5 Å². The first kappa shape index (κ1) is 14.7. The molecule has 0 radical (unpaired) electrons. The van der Waals surface area contributed by atoms with Crippen molar-refractivity contribution in [2.75, 3.05) is 37.7 Å². The summed E-state index contributed by atoms with van der Waals surface area (Å²) in [6, 6.07) is 7.42. The number of carbonyl (C=O) groups excluding carboxylic acids is 1. The summed E-state index contributed by atoms with van der Waals surface area (Å²) in [7, 11) is 0. The minimum absolute atomic E-state index is 0.0247. The number of anilines is 1. The molecule has 124 valence electrons. The van der Waals surface area contributed by atoms with Gasteiger partial charge in [0.1, 0.15) is 12.4 Å². The number of para-hydroxylation sites is 2. The third-order valence-corrected chi connectivity index (χ3v) is 4.25. The molecule has 3 heterocycles. The van der Waals surface area contributed by atoms with Crippen molar-refractivity contribution in [1.29, 1.82) is 0 Å². The Balaban J connectivity index is 1.37. The Morgan fingerprint density at radius 1 is 1.08 bits per heavy atom. The highest BCUT2D eigenvalue weighted by atomic mass is 16.6. The third-order valence-electron chi connectivity index (χ3n) is 4.25. The summed E-state index contributed by atoms with van der Waals surface area (Å²) >= 11 is 0. The zero-order valence-corrected chi connectivity index (χ0v) is 13.2. The summed E-state index contributed by atoms with van der Waals surface area (Å²) in [6.45, 7) is 2.98. The van der Waals surface area contributed by atoms with Gasteiger partial charge in [-0.15, -0.1) is 0 Å². The molecule has 0 saturated carbocycles. The van der Waals surface area contributed by atoms with E-state index in [0.717, 1.165) is 18.9 Å². The smallest absolute Gasteiger partial charge is 0.267 e. The van der Waals surface area contributed by atoms with Crippen LogP contribution >= 0.6 is 0 Å². The van der Waals surface area contributed by atoms with Gasteiger partial charge in [-0.1, -0.05) is 12.1 Å². The fraction of sp³-hybridized carbons (Fsp3) is 0.353. The molecule has 0 bridgehead atoms. The van der Waals surface area contributed by atoms with Crippen molar-refractivity contribution in [3.8, 4) is 11.5 Å². The monoisotopic (exact) mass is 326 g/mol. The summed E-state index contributed by atoms with van der Waals surface area (Å²) in [5.41, 5.74) is 0. The Hall–Kier alpha value is -2.83. The van der Waals surface area contributed by atoms with Crippen molar-refractivity contribution in [3.05, 3.63) is 42.9 Å². The summed E-state index contributed by atoms with van der Waals surface area (Å²) in [5, 5.41) is 0. The molecule has 1 aromatic heterocycles. The van der Waals surface area contributed by atoms with Crippen LogP contribution < -0.4 is 14.4 Å². The number of hydrogen-bond acceptors (Lipinski definition) is 6. The summed E-state index contributed by atoms with van der Waals surface area (Å²) in [6.07, 6.45) is 4.49. The van der Waals surface area contributed by atoms with Crippen molar-refractivity contribution < 1.29 is 14.3 Å². The van der Waals surface area contributed by atoms with Crippen molar-refractivity contribution in [2.45, 2.75) is 6.10 Å². The van der Waals surface area contributed by atoms with Gasteiger partial charge in [0.25, 0.3) is 5.91 Å². The molecule has 1 fully saturated rings. The molecular formula is C17H18N4O3. The standard InChI is InChI=1S/C17H18N4O3/c22-17(15-12-23-13-3-1-2-4-14(13)24-15)21-9-7-20(8-10-21)16-11-18-5-6-19-16/h1-6,11,15H,7-10,12H2/t15-/m1/s1. The minimum Gasteiger partial charge on any atom is -0.485 e. The molecule has 2 aliphatic rings. The van der Waals surface area contributed by atoms with Crippen LogP contribution in [0.4, 0.5) is 5.82 Å². The maximum atomic E-state index is 12.7. The average Bonchev–Trinajstić information content (AvgIpc) is 2.68. The van der Waals surface area contributed by atoms with Crippen LogP contribution in [-0.4, -0.2) is 59.7 Å². The van der Waals surface area contributed by atoms with Gasteiger partial charge in [-0.3, -0.25) is 9.78 Å². The van der Waals surface area contributed by atoms with Crippen LogP contribution in [-0.2, 0) is 4.79 Å². The second-order valence-corrected chi connectivity index (χ2v) is 5.74. The second kappa shape index (κ2) is 6.35. The SMILES string of the molecule is O=C([C@H]1COc2ccccc2O1)N1CCN(c2cnccn2)CC1. The van der Waals surface area contributed by atoms with Gasteiger partial charge in [0.05, 0.1) is 6.20 Å². The molecule has 1 amide bonds. The molecule has 0 aliphatic carbocycles. The van der Waals surface area contributed by atoms with Crippen LogP contribution in [0.2, 0.25) is 0 Å². The third kappa shape index (κ3) is 2.84. The van der Waals surface area contributed by atoms with E-state index in [-0.39, 0.29) is 12.5 Å². The molecular weight excluding hydrogens is 308 g/mol. The number of hydrogen-bond donors (Lipinski definition) is 0. The molecule has 0 N–H and O–H groups in total. The van der Waals surface area contributed by atoms with Crippen LogP contribution in [0.3, 0.4) is 0 Å². The fourth-order valence-electron chi connectivity index (χ4n) is 2.96. The Morgan fingerprint density at radius 2 is 1.88 bits per heavy atom. The van der Waals surface area contributed by atoms with E-state index >= 15 is 0 Å². The molecule has 7 nitrogen and oxygen atoms in total. The Kier molecular flexibility index (Phi) is 3.90. The number of amides is 1. The number of nitrogens with zero attached hydrogens (tertiary/aromatic N) is 4. The van der Waals surface area contributed by atoms with Gasteiger partial charge in [0.2, 0.25) is 6.10 Å². The summed E-state index contributed by atoms with van der Waals surface area (Å²) in [5.74, 6) is 2.13. The van der Waals surface area contributed by atoms with Crippen LogP contribution in [0.15, 0.2) is 42.9 Å². The molecule has 1 aromatic carbocycles. The first-order chi connectivity index (χ1) is 11.8. The predicted octanol–water partition coefficient (Wildman–Crippen LogP) is 0.965. The Morgan fingerprint density at radius 3 is 2.62 bits per heavy atom. The van der Waals surface area contributed by atoms with E-state index in [4.69, 9.17) is 9.47 Å². The zero-order chi connectivity index (χ0) is 16.4. The number of aromatic nitrogens is 2. The molecule has 24 heavy (non-hydrogen) atoms. The van der Waals surface area contributed by atoms with Crippen molar-refractivity contribution in [3.63, 3.8) is 0 Å². The lowest BCUT2D eigenvalue weighted by atomic mass is 10.2. The van der Waals surface area contributed by atoms with E-state index in [2.05, 4.69) is 14.9 Å². The molecule has 1 atom stereocenters. The largest absolute Gasteiger partial charge is 0.485 e. The number of fused-ring (bicyclic) bond motifs is 1. The molecule has 0 spiro atoms. The topological polar surface area (TPSA) is 67.8 Å². The maximum Gasteiger partial charge on any atom is 0.267 e. The number of carbonyl (C=O) groups is 1. The van der Waals surface area contributed by atoms with Gasteiger partial charge >= 0.3 is 0 Å². The quantitative estimate of drug-likeness (QED) is 0.819. The number of rotatable bonds is 2. The van der Waals surface area contributed by atoms with E-state index in [1.54, 1.807) is 18.6 Å². The number of benzene rings is 1. The van der Waals surface area contributed by atoms with Crippen LogP contribution in [0.1, 0.15) is 0 Å².